The van der Waals surface area contributed by atoms with Crippen LogP contribution in [0.15, 0.2) is 0 Å². The summed E-state index contributed by atoms with van der Waals surface area (Å²) in [5.74, 6) is 0.973. The minimum atomic E-state index is 0.461. The molecule has 2 saturated heterocycles. The molecule has 2 aliphatic rings. The summed E-state index contributed by atoms with van der Waals surface area (Å²) in [5.41, 5.74) is 0.461. The molecular formula is C13H26N2. The van der Waals surface area contributed by atoms with Crippen LogP contribution < -0.4 is 5.32 Å². The fraction of sp³-hybridized carbons (Fsp3) is 1.00. The third-order valence-electron chi connectivity index (χ3n) is 4.48. The zero-order chi connectivity index (χ0) is 10.7. The quantitative estimate of drug-likeness (QED) is 0.765. The summed E-state index contributed by atoms with van der Waals surface area (Å²) in [6, 6.07) is 0. The fourth-order valence-electron chi connectivity index (χ4n) is 3.23. The van der Waals surface area contributed by atoms with Crippen molar-refractivity contribution >= 4 is 0 Å². The van der Waals surface area contributed by atoms with Crippen LogP contribution in [-0.4, -0.2) is 36.6 Å². The van der Waals surface area contributed by atoms with Crippen molar-refractivity contribution < 1.29 is 0 Å². The van der Waals surface area contributed by atoms with Gasteiger partial charge in [-0.25, -0.2) is 0 Å². The summed E-state index contributed by atoms with van der Waals surface area (Å²) < 4.78 is 0. The monoisotopic (exact) mass is 210 g/mol. The second-order valence-electron chi connectivity index (χ2n) is 5.46. The predicted molar refractivity (Wildman–Crippen MR) is 65.1 cm³/mol. The van der Waals surface area contributed by atoms with Crippen molar-refractivity contribution in [3.63, 3.8) is 0 Å². The van der Waals surface area contributed by atoms with Gasteiger partial charge in [-0.1, -0.05) is 20.3 Å². The second kappa shape index (κ2) is 4.84. The topological polar surface area (TPSA) is 15.3 Å². The highest BCUT2D eigenvalue weighted by Gasteiger charge is 2.35. The number of nitrogens with one attached hydrogen (secondary N) is 1. The van der Waals surface area contributed by atoms with Gasteiger partial charge in [0.25, 0.3) is 0 Å². The molecule has 2 rings (SSSR count). The van der Waals surface area contributed by atoms with Gasteiger partial charge in [-0.15, -0.1) is 0 Å². The van der Waals surface area contributed by atoms with E-state index in [1.807, 2.05) is 0 Å². The van der Waals surface area contributed by atoms with Crippen LogP contribution in [0.5, 0.6) is 0 Å². The van der Waals surface area contributed by atoms with E-state index in [0.29, 0.717) is 5.54 Å². The normalized spacial score (nSPS) is 37.6. The molecule has 2 atom stereocenters. The van der Waals surface area contributed by atoms with Gasteiger partial charge < -0.3 is 10.2 Å². The van der Waals surface area contributed by atoms with E-state index in [0.717, 1.165) is 5.92 Å². The molecule has 88 valence electrons. The lowest BCUT2D eigenvalue weighted by atomic mass is 9.93. The Morgan fingerprint density at radius 1 is 1.40 bits per heavy atom. The van der Waals surface area contributed by atoms with Crippen molar-refractivity contribution in [3.8, 4) is 0 Å². The minimum Gasteiger partial charge on any atom is -0.310 e. The predicted octanol–water partition coefficient (Wildman–Crippen LogP) is 2.25. The zero-order valence-corrected chi connectivity index (χ0v) is 10.4. The van der Waals surface area contributed by atoms with Crippen LogP contribution in [-0.2, 0) is 0 Å². The molecule has 15 heavy (non-hydrogen) atoms. The molecule has 0 aliphatic carbocycles. The number of rotatable bonds is 4. The zero-order valence-electron chi connectivity index (χ0n) is 10.4. The smallest absolute Gasteiger partial charge is 0.0306 e. The molecule has 0 aromatic rings. The molecule has 0 amide bonds. The standard InChI is InChI=1S/C13H26N2/c1-3-12-6-9-15(10-12)11-13(4-2)7-5-8-14-13/h12,14H,3-11H2,1-2H3. The van der Waals surface area contributed by atoms with E-state index in [9.17, 15) is 0 Å². The molecular weight excluding hydrogens is 184 g/mol. The molecule has 2 fully saturated rings. The largest absolute Gasteiger partial charge is 0.310 e. The van der Waals surface area contributed by atoms with Gasteiger partial charge in [0.05, 0.1) is 0 Å². The van der Waals surface area contributed by atoms with E-state index < -0.39 is 0 Å². The number of hydrogen-bond donors (Lipinski definition) is 1. The van der Waals surface area contributed by atoms with E-state index in [2.05, 4.69) is 24.1 Å². The third-order valence-corrected chi connectivity index (χ3v) is 4.48. The van der Waals surface area contributed by atoms with Crippen molar-refractivity contribution in [3.05, 3.63) is 0 Å². The van der Waals surface area contributed by atoms with Gasteiger partial charge in [-0.3, -0.25) is 0 Å². The van der Waals surface area contributed by atoms with Crippen LogP contribution in [0.4, 0.5) is 0 Å². The SMILES string of the molecule is CCC1CCN(CC2(CC)CCCN2)C1. The van der Waals surface area contributed by atoms with E-state index in [-0.39, 0.29) is 0 Å². The Labute approximate surface area is 94.4 Å². The first-order chi connectivity index (χ1) is 7.28. The summed E-state index contributed by atoms with van der Waals surface area (Å²) in [5, 5.41) is 3.74. The maximum atomic E-state index is 3.74. The van der Waals surface area contributed by atoms with Gasteiger partial charge in [0.1, 0.15) is 0 Å². The van der Waals surface area contributed by atoms with Crippen LogP contribution in [0, 0.1) is 5.92 Å². The van der Waals surface area contributed by atoms with Crippen molar-refractivity contribution in [1.82, 2.24) is 10.2 Å². The molecule has 2 unspecified atom stereocenters. The Kier molecular flexibility index (Phi) is 3.68. The molecule has 1 N–H and O–H groups in total. The van der Waals surface area contributed by atoms with Crippen molar-refractivity contribution in [2.24, 2.45) is 5.92 Å². The van der Waals surface area contributed by atoms with Crippen LogP contribution >= 0.6 is 0 Å². The summed E-state index contributed by atoms with van der Waals surface area (Å²) in [4.78, 5) is 2.69. The van der Waals surface area contributed by atoms with Crippen molar-refractivity contribution in [1.29, 1.82) is 0 Å². The van der Waals surface area contributed by atoms with Crippen LogP contribution in [0.2, 0.25) is 0 Å². The minimum absolute atomic E-state index is 0.461. The Morgan fingerprint density at radius 2 is 2.27 bits per heavy atom. The van der Waals surface area contributed by atoms with Gasteiger partial charge in [0.2, 0.25) is 0 Å². The summed E-state index contributed by atoms with van der Waals surface area (Å²) >= 11 is 0. The highest BCUT2D eigenvalue weighted by Crippen LogP contribution is 2.27. The molecule has 2 heteroatoms. The number of hydrogen-bond acceptors (Lipinski definition) is 2. The molecule has 2 nitrogen and oxygen atoms in total. The molecule has 0 aromatic heterocycles. The van der Waals surface area contributed by atoms with Gasteiger partial charge in [-0.05, 0) is 44.7 Å². The average molecular weight is 210 g/mol. The maximum absolute atomic E-state index is 3.74. The Balaban J connectivity index is 1.85. The number of likely N-dealkylation sites (tertiary alicyclic amines) is 1. The molecule has 0 spiro atoms. The molecule has 0 bridgehead atoms. The second-order valence-corrected chi connectivity index (χ2v) is 5.46. The first kappa shape index (κ1) is 11.4. The Bertz CT molecular complexity index is 197. The lowest BCUT2D eigenvalue weighted by molar-refractivity contribution is 0.214. The molecule has 2 aliphatic heterocycles. The molecule has 0 aromatic carbocycles. The van der Waals surface area contributed by atoms with Crippen molar-refractivity contribution in [2.75, 3.05) is 26.2 Å². The van der Waals surface area contributed by atoms with E-state index in [1.54, 1.807) is 0 Å². The van der Waals surface area contributed by atoms with Gasteiger partial charge in [0.15, 0.2) is 0 Å². The van der Waals surface area contributed by atoms with Gasteiger partial charge >= 0.3 is 0 Å². The Hall–Kier alpha value is -0.0800. The summed E-state index contributed by atoms with van der Waals surface area (Å²) in [6.07, 6.45) is 6.84. The summed E-state index contributed by atoms with van der Waals surface area (Å²) in [6.45, 7) is 9.88. The van der Waals surface area contributed by atoms with Crippen LogP contribution in [0.25, 0.3) is 0 Å². The first-order valence-electron chi connectivity index (χ1n) is 6.75. The fourth-order valence-corrected chi connectivity index (χ4v) is 3.23. The van der Waals surface area contributed by atoms with E-state index >= 15 is 0 Å². The molecule has 2 heterocycles. The maximum Gasteiger partial charge on any atom is 0.0306 e. The van der Waals surface area contributed by atoms with Gasteiger partial charge in [0, 0.05) is 18.6 Å². The first-order valence-corrected chi connectivity index (χ1v) is 6.75. The van der Waals surface area contributed by atoms with E-state index in [1.165, 1.54) is 58.3 Å². The molecule has 0 saturated carbocycles. The average Bonchev–Trinajstić information content (AvgIpc) is 2.88. The molecule has 0 radical (unpaired) electrons. The summed E-state index contributed by atoms with van der Waals surface area (Å²) in [7, 11) is 0. The number of nitrogens with zero attached hydrogens (tertiary/aromatic N) is 1. The highest BCUT2D eigenvalue weighted by molar-refractivity contribution is 4.95. The lowest BCUT2D eigenvalue weighted by Gasteiger charge is -2.33. The Morgan fingerprint density at radius 3 is 2.80 bits per heavy atom. The van der Waals surface area contributed by atoms with Crippen LogP contribution in [0.1, 0.15) is 46.0 Å². The van der Waals surface area contributed by atoms with Crippen molar-refractivity contribution in [2.45, 2.75) is 51.5 Å². The third kappa shape index (κ3) is 2.54. The van der Waals surface area contributed by atoms with Gasteiger partial charge in [-0.2, -0.15) is 0 Å². The van der Waals surface area contributed by atoms with E-state index in [4.69, 9.17) is 0 Å². The van der Waals surface area contributed by atoms with Crippen LogP contribution in [0.3, 0.4) is 0 Å². The highest BCUT2D eigenvalue weighted by atomic mass is 15.2. The lowest BCUT2D eigenvalue weighted by Crippen LogP contribution is -2.48.